The van der Waals surface area contributed by atoms with Crippen molar-refractivity contribution in [2.24, 2.45) is 5.92 Å². The molecule has 0 bridgehead atoms. The quantitative estimate of drug-likeness (QED) is 0.545. The van der Waals surface area contributed by atoms with Crippen LogP contribution in [0.25, 0.3) is 0 Å². The lowest BCUT2D eigenvalue weighted by Crippen LogP contribution is -2.37. The summed E-state index contributed by atoms with van der Waals surface area (Å²) in [7, 11) is -2.52. The number of nitro groups is 1. The van der Waals surface area contributed by atoms with Crippen molar-refractivity contribution in [2.75, 3.05) is 26.9 Å². The molecule has 0 unspecified atom stereocenters. The number of benzene rings is 1. The van der Waals surface area contributed by atoms with Gasteiger partial charge in [-0.05, 0) is 31.2 Å². The number of ether oxygens (including phenoxy) is 2. The molecule has 1 aliphatic carbocycles. The number of sulfonamides is 1. The molecule has 1 saturated heterocycles. The van der Waals surface area contributed by atoms with Gasteiger partial charge in [-0.1, -0.05) is 0 Å². The Hall–Kier alpha value is -1.71. The van der Waals surface area contributed by atoms with Crippen LogP contribution in [-0.4, -0.2) is 50.6 Å². The number of rotatable bonds is 7. The zero-order valence-corrected chi connectivity index (χ0v) is 14.2. The molecule has 1 aromatic rings. The van der Waals surface area contributed by atoms with E-state index in [-0.39, 0.29) is 28.3 Å². The molecule has 0 N–H and O–H groups in total. The summed E-state index contributed by atoms with van der Waals surface area (Å²) in [6.45, 7) is 1.56. The third-order valence-electron chi connectivity index (χ3n) is 4.36. The van der Waals surface area contributed by atoms with E-state index in [1.165, 1.54) is 23.5 Å². The summed E-state index contributed by atoms with van der Waals surface area (Å²) in [5.41, 5.74) is -0.269. The summed E-state index contributed by atoms with van der Waals surface area (Å²) in [5, 5.41) is 11.0. The lowest BCUT2D eigenvalue weighted by Gasteiger charge is -2.25. The summed E-state index contributed by atoms with van der Waals surface area (Å²) in [4.78, 5) is 10.3. The van der Waals surface area contributed by atoms with Crippen LogP contribution in [0.2, 0.25) is 0 Å². The Morgan fingerprint density at radius 3 is 2.67 bits per heavy atom. The maximum atomic E-state index is 13.1. The zero-order valence-electron chi connectivity index (χ0n) is 13.4. The molecular weight excluding hydrogens is 336 g/mol. The maximum Gasteiger partial charge on any atom is 0.271 e. The van der Waals surface area contributed by atoms with Gasteiger partial charge in [0.25, 0.3) is 5.69 Å². The first-order chi connectivity index (χ1) is 11.4. The van der Waals surface area contributed by atoms with E-state index in [1.54, 1.807) is 0 Å². The van der Waals surface area contributed by atoms with Gasteiger partial charge in [0.15, 0.2) is 0 Å². The molecule has 1 atom stereocenters. The summed E-state index contributed by atoms with van der Waals surface area (Å²) < 4.78 is 38.2. The number of hydrogen-bond donors (Lipinski definition) is 0. The van der Waals surface area contributed by atoms with Gasteiger partial charge in [-0.15, -0.1) is 0 Å². The van der Waals surface area contributed by atoms with E-state index < -0.39 is 14.9 Å². The van der Waals surface area contributed by atoms with Crippen LogP contribution in [0.3, 0.4) is 0 Å². The highest BCUT2D eigenvalue weighted by atomic mass is 32.2. The van der Waals surface area contributed by atoms with Gasteiger partial charge in [-0.2, -0.15) is 4.31 Å². The van der Waals surface area contributed by atoms with E-state index in [4.69, 9.17) is 9.47 Å². The lowest BCUT2D eigenvalue weighted by molar-refractivity contribution is -0.385. The Labute approximate surface area is 140 Å². The fourth-order valence-corrected chi connectivity index (χ4v) is 4.83. The molecule has 0 radical (unpaired) electrons. The van der Waals surface area contributed by atoms with Crippen molar-refractivity contribution in [1.82, 2.24) is 4.31 Å². The zero-order chi connectivity index (χ0) is 17.3. The molecule has 132 valence electrons. The molecule has 0 amide bonds. The molecule has 1 heterocycles. The minimum Gasteiger partial charge on any atom is -0.495 e. The fourth-order valence-electron chi connectivity index (χ4n) is 2.89. The number of nitrogens with zero attached hydrogens (tertiary/aromatic N) is 2. The van der Waals surface area contributed by atoms with Gasteiger partial charge in [0.1, 0.15) is 10.6 Å². The molecule has 3 rings (SSSR count). The minimum atomic E-state index is -3.88. The Morgan fingerprint density at radius 2 is 2.12 bits per heavy atom. The van der Waals surface area contributed by atoms with Crippen molar-refractivity contribution in [2.45, 2.75) is 30.2 Å². The van der Waals surface area contributed by atoms with Crippen LogP contribution in [0.4, 0.5) is 5.69 Å². The van der Waals surface area contributed by atoms with E-state index in [0.717, 1.165) is 25.3 Å². The highest BCUT2D eigenvalue weighted by molar-refractivity contribution is 7.89. The van der Waals surface area contributed by atoms with Gasteiger partial charge in [0.05, 0.1) is 18.6 Å². The van der Waals surface area contributed by atoms with Crippen LogP contribution in [0.5, 0.6) is 5.75 Å². The summed E-state index contributed by atoms with van der Waals surface area (Å²) >= 11 is 0. The first-order valence-corrected chi connectivity index (χ1v) is 9.29. The Morgan fingerprint density at radius 1 is 1.38 bits per heavy atom. The van der Waals surface area contributed by atoms with Crippen LogP contribution in [-0.2, 0) is 14.8 Å². The third-order valence-corrected chi connectivity index (χ3v) is 6.30. The minimum absolute atomic E-state index is 0.0421. The number of nitro benzene ring substituents is 1. The normalized spacial score (nSPS) is 21.2. The molecule has 1 aliphatic heterocycles. The average molecular weight is 356 g/mol. The molecule has 8 nitrogen and oxygen atoms in total. The maximum absolute atomic E-state index is 13.1. The number of methoxy groups -OCH3 is 1. The first kappa shape index (κ1) is 17.1. The number of non-ortho nitro benzene ring substituents is 1. The fraction of sp³-hybridized carbons (Fsp3) is 0.600. The molecule has 24 heavy (non-hydrogen) atoms. The second-order valence-corrected chi connectivity index (χ2v) is 7.99. The molecule has 0 spiro atoms. The Kier molecular flexibility index (Phi) is 4.75. The van der Waals surface area contributed by atoms with Gasteiger partial charge >= 0.3 is 0 Å². The van der Waals surface area contributed by atoms with Crippen LogP contribution >= 0.6 is 0 Å². The summed E-state index contributed by atoms with van der Waals surface area (Å²) in [6.07, 6.45) is 2.44. The monoisotopic (exact) mass is 356 g/mol. The van der Waals surface area contributed by atoms with Crippen LogP contribution in [0, 0.1) is 16.0 Å². The van der Waals surface area contributed by atoms with Crippen LogP contribution in [0.1, 0.15) is 19.3 Å². The van der Waals surface area contributed by atoms with Crippen LogP contribution in [0.15, 0.2) is 23.1 Å². The van der Waals surface area contributed by atoms with Crippen molar-refractivity contribution in [3.05, 3.63) is 28.3 Å². The molecule has 2 aliphatic rings. The lowest BCUT2D eigenvalue weighted by atomic mass is 10.1. The SMILES string of the molecule is COc1ccc([N+](=O)[O-])cc1S(=O)(=O)N(C[C@@H]1CCOC1)C1CC1. The Bertz CT molecular complexity index is 725. The third kappa shape index (κ3) is 3.38. The largest absolute Gasteiger partial charge is 0.495 e. The highest BCUT2D eigenvalue weighted by Gasteiger charge is 2.41. The number of hydrogen-bond acceptors (Lipinski definition) is 6. The van der Waals surface area contributed by atoms with Gasteiger partial charge in [0.2, 0.25) is 10.0 Å². The Balaban J connectivity index is 1.97. The van der Waals surface area contributed by atoms with Gasteiger partial charge in [0, 0.05) is 31.3 Å². The van der Waals surface area contributed by atoms with Crippen LogP contribution < -0.4 is 4.74 Å². The molecular formula is C15H20N2O6S. The summed E-state index contributed by atoms with van der Waals surface area (Å²) in [6, 6.07) is 3.60. The van der Waals surface area contributed by atoms with Crippen molar-refractivity contribution in [3.8, 4) is 5.75 Å². The first-order valence-electron chi connectivity index (χ1n) is 7.85. The van der Waals surface area contributed by atoms with E-state index in [0.29, 0.717) is 19.8 Å². The van der Waals surface area contributed by atoms with Gasteiger partial charge in [-0.25, -0.2) is 8.42 Å². The van der Waals surface area contributed by atoms with Crippen molar-refractivity contribution in [1.29, 1.82) is 0 Å². The van der Waals surface area contributed by atoms with E-state index in [9.17, 15) is 18.5 Å². The smallest absolute Gasteiger partial charge is 0.271 e. The van der Waals surface area contributed by atoms with E-state index in [2.05, 4.69) is 0 Å². The highest BCUT2D eigenvalue weighted by Crippen LogP contribution is 2.37. The van der Waals surface area contributed by atoms with Crippen molar-refractivity contribution >= 4 is 15.7 Å². The predicted molar refractivity (Wildman–Crippen MR) is 85.5 cm³/mol. The second kappa shape index (κ2) is 6.66. The van der Waals surface area contributed by atoms with Crippen molar-refractivity contribution in [3.63, 3.8) is 0 Å². The van der Waals surface area contributed by atoms with E-state index in [1.807, 2.05) is 0 Å². The molecule has 0 aromatic heterocycles. The van der Waals surface area contributed by atoms with E-state index >= 15 is 0 Å². The average Bonchev–Trinajstić information content (AvgIpc) is 3.27. The molecule has 2 fully saturated rings. The topological polar surface area (TPSA) is 99.0 Å². The molecule has 1 aromatic carbocycles. The second-order valence-electron chi connectivity index (χ2n) is 6.13. The van der Waals surface area contributed by atoms with Crippen molar-refractivity contribution < 1.29 is 22.8 Å². The standard InChI is InChI=1S/C15H20N2O6S/c1-22-14-5-4-13(17(18)19)8-15(14)24(20,21)16(12-2-3-12)9-11-6-7-23-10-11/h4-5,8,11-12H,2-3,6-7,9-10H2,1H3/t11-/m0/s1. The van der Waals surface area contributed by atoms with Gasteiger partial charge < -0.3 is 9.47 Å². The summed E-state index contributed by atoms with van der Waals surface area (Å²) in [5.74, 6) is 0.277. The predicted octanol–water partition coefficient (Wildman–Crippen LogP) is 1.79. The molecule has 9 heteroatoms. The molecule has 1 saturated carbocycles. The van der Waals surface area contributed by atoms with Gasteiger partial charge in [-0.3, -0.25) is 10.1 Å².